The molecular formula is C14H10FN3OS3. The van der Waals surface area contributed by atoms with Gasteiger partial charge in [-0.3, -0.25) is 10.1 Å². The van der Waals surface area contributed by atoms with Crippen LogP contribution in [0.3, 0.4) is 0 Å². The fraction of sp³-hybridized carbons (Fsp3) is 0.0714. The Bertz CT molecular complexity index is 756. The van der Waals surface area contributed by atoms with Crippen LogP contribution >= 0.6 is 34.6 Å². The second-order valence-electron chi connectivity index (χ2n) is 4.23. The van der Waals surface area contributed by atoms with E-state index in [4.69, 9.17) is 0 Å². The van der Waals surface area contributed by atoms with Gasteiger partial charge in [-0.1, -0.05) is 30.0 Å². The zero-order valence-corrected chi connectivity index (χ0v) is 13.6. The molecule has 0 unspecified atom stereocenters. The van der Waals surface area contributed by atoms with Gasteiger partial charge in [-0.25, -0.2) is 4.39 Å². The number of carbonyl (C=O) groups excluding carboxylic acids is 1. The molecule has 0 bridgehead atoms. The fourth-order valence-corrected chi connectivity index (χ4v) is 3.73. The molecule has 0 aliphatic rings. The van der Waals surface area contributed by atoms with Gasteiger partial charge in [0.05, 0.1) is 4.88 Å². The smallest absolute Gasteiger partial charge is 0.267 e. The molecule has 0 saturated carbocycles. The quantitative estimate of drug-likeness (QED) is 0.697. The van der Waals surface area contributed by atoms with Crippen molar-refractivity contribution in [3.8, 4) is 0 Å². The molecule has 3 rings (SSSR count). The highest BCUT2D eigenvalue weighted by Gasteiger charge is 2.11. The van der Waals surface area contributed by atoms with Crippen LogP contribution in [0, 0.1) is 5.82 Å². The van der Waals surface area contributed by atoms with E-state index in [-0.39, 0.29) is 11.7 Å². The number of thioether (sulfide) groups is 1. The van der Waals surface area contributed by atoms with E-state index >= 15 is 0 Å². The summed E-state index contributed by atoms with van der Waals surface area (Å²) in [7, 11) is 0. The number of hydrogen-bond donors (Lipinski definition) is 1. The van der Waals surface area contributed by atoms with E-state index in [1.165, 1.54) is 35.2 Å². The lowest BCUT2D eigenvalue weighted by Crippen LogP contribution is -2.09. The molecule has 0 spiro atoms. The Morgan fingerprint density at radius 1 is 1.27 bits per heavy atom. The van der Waals surface area contributed by atoms with Crippen LogP contribution in [0.5, 0.6) is 0 Å². The third kappa shape index (κ3) is 3.90. The van der Waals surface area contributed by atoms with Crippen LogP contribution in [0.2, 0.25) is 0 Å². The summed E-state index contributed by atoms with van der Waals surface area (Å²) in [5, 5.41) is 5.64. The molecule has 112 valence electrons. The summed E-state index contributed by atoms with van der Waals surface area (Å²) in [5.74, 6) is 0.218. The SMILES string of the molecule is O=C(Nc1nc(SCc2ccc(F)cc2)ns1)c1cccs1. The molecule has 1 amide bonds. The minimum atomic E-state index is -0.251. The van der Waals surface area contributed by atoms with Gasteiger partial charge in [-0.15, -0.1) is 11.3 Å². The van der Waals surface area contributed by atoms with Crippen LogP contribution < -0.4 is 5.32 Å². The van der Waals surface area contributed by atoms with Crippen LogP contribution in [0.1, 0.15) is 15.2 Å². The van der Waals surface area contributed by atoms with Crippen LogP contribution in [0.15, 0.2) is 46.9 Å². The third-order valence-electron chi connectivity index (χ3n) is 2.65. The maximum absolute atomic E-state index is 12.8. The van der Waals surface area contributed by atoms with E-state index < -0.39 is 0 Å². The van der Waals surface area contributed by atoms with Gasteiger partial charge in [-0.2, -0.15) is 9.36 Å². The Kier molecular flexibility index (Phi) is 4.81. The molecule has 4 nitrogen and oxygen atoms in total. The second-order valence-corrected chi connectivity index (χ2v) is 6.87. The normalized spacial score (nSPS) is 10.6. The number of nitrogens with one attached hydrogen (secondary N) is 1. The van der Waals surface area contributed by atoms with Crippen molar-refractivity contribution in [3.05, 3.63) is 58.0 Å². The predicted molar refractivity (Wildman–Crippen MR) is 88.1 cm³/mol. The number of halogens is 1. The summed E-state index contributed by atoms with van der Waals surface area (Å²) in [6.45, 7) is 0. The van der Waals surface area contributed by atoms with Gasteiger partial charge < -0.3 is 0 Å². The fourth-order valence-electron chi connectivity index (χ4n) is 1.61. The van der Waals surface area contributed by atoms with E-state index in [0.717, 1.165) is 17.1 Å². The number of hydrogen-bond acceptors (Lipinski definition) is 6. The summed E-state index contributed by atoms with van der Waals surface area (Å²) >= 11 is 3.96. The number of thiophene rings is 1. The van der Waals surface area contributed by atoms with Crippen LogP contribution in [-0.4, -0.2) is 15.3 Å². The summed E-state index contributed by atoms with van der Waals surface area (Å²) in [4.78, 5) is 16.8. The van der Waals surface area contributed by atoms with Crippen molar-refractivity contribution < 1.29 is 9.18 Å². The highest BCUT2D eigenvalue weighted by molar-refractivity contribution is 7.98. The number of aromatic nitrogens is 2. The van der Waals surface area contributed by atoms with Crippen molar-refractivity contribution in [1.29, 1.82) is 0 Å². The molecule has 1 N–H and O–H groups in total. The first kappa shape index (κ1) is 15.1. The summed E-state index contributed by atoms with van der Waals surface area (Å²) in [6.07, 6.45) is 0. The number of nitrogens with zero attached hydrogens (tertiary/aromatic N) is 2. The van der Waals surface area contributed by atoms with Gasteiger partial charge in [0.15, 0.2) is 0 Å². The van der Waals surface area contributed by atoms with Crippen molar-refractivity contribution in [2.75, 3.05) is 5.32 Å². The lowest BCUT2D eigenvalue weighted by Gasteiger charge is -1.98. The monoisotopic (exact) mass is 351 g/mol. The highest BCUT2D eigenvalue weighted by Crippen LogP contribution is 2.24. The molecule has 1 aromatic carbocycles. The first-order valence-corrected chi connectivity index (χ1v) is 8.90. The van der Waals surface area contributed by atoms with E-state index in [9.17, 15) is 9.18 Å². The van der Waals surface area contributed by atoms with Gasteiger partial charge in [-0.05, 0) is 29.1 Å². The Balaban J connectivity index is 1.57. The first-order chi connectivity index (χ1) is 10.7. The Hall–Kier alpha value is -1.77. The van der Waals surface area contributed by atoms with Crippen molar-refractivity contribution in [1.82, 2.24) is 9.36 Å². The number of rotatable bonds is 5. The third-order valence-corrected chi connectivity index (χ3v) is 5.19. The first-order valence-electron chi connectivity index (χ1n) is 6.26. The van der Waals surface area contributed by atoms with E-state index in [2.05, 4.69) is 14.7 Å². The van der Waals surface area contributed by atoms with Gasteiger partial charge >= 0.3 is 0 Å². The van der Waals surface area contributed by atoms with Gasteiger partial charge in [0.1, 0.15) is 5.82 Å². The zero-order valence-electron chi connectivity index (χ0n) is 11.2. The zero-order chi connectivity index (χ0) is 15.4. The van der Waals surface area contributed by atoms with Crippen LogP contribution in [0.4, 0.5) is 9.52 Å². The van der Waals surface area contributed by atoms with Crippen LogP contribution in [0.25, 0.3) is 0 Å². The van der Waals surface area contributed by atoms with E-state index in [1.54, 1.807) is 18.2 Å². The molecule has 0 fully saturated rings. The standard InChI is InChI=1S/C14H10FN3OS3/c15-10-5-3-9(4-6-10)8-21-14-17-13(22-18-14)16-12(19)11-2-1-7-20-11/h1-7H,8H2,(H,16,17,18,19). The van der Waals surface area contributed by atoms with Gasteiger partial charge in [0.25, 0.3) is 5.91 Å². The van der Waals surface area contributed by atoms with Crippen molar-refractivity contribution in [2.24, 2.45) is 0 Å². The molecule has 22 heavy (non-hydrogen) atoms. The molecule has 0 aliphatic heterocycles. The largest absolute Gasteiger partial charge is 0.296 e. The maximum Gasteiger partial charge on any atom is 0.267 e. The molecule has 8 heteroatoms. The van der Waals surface area contributed by atoms with Crippen molar-refractivity contribution >= 4 is 45.7 Å². The van der Waals surface area contributed by atoms with Crippen LogP contribution in [-0.2, 0) is 5.75 Å². The average Bonchev–Trinajstić information content (AvgIpc) is 3.18. The minimum Gasteiger partial charge on any atom is -0.296 e. The minimum absolute atomic E-state index is 0.179. The summed E-state index contributed by atoms with van der Waals surface area (Å²) < 4.78 is 17.0. The second kappa shape index (κ2) is 6.99. The molecule has 2 heterocycles. The molecule has 0 saturated heterocycles. The molecule has 2 aromatic heterocycles. The molecule has 3 aromatic rings. The molecular weight excluding hydrogens is 341 g/mol. The molecule has 0 atom stereocenters. The Morgan fingerprint density at radius 3 is 2.82 bits per heavy atom. The predicted octanol–water partition coefficient (Wildman–Crippen LogP) is 4.28. The number of carbonyl (C=O) groups is 1. The lowest BCUT2D eigenvalue weighted by atomic mass is 10.2. The average molecular weight is 351 g/mol. The maximum atomic E-state index is 12.8. The summed E-state index contributed by atoms with van der Waals surface area (Å²) in [5.41, 5.74) is 0.991. The Morgan fingerprint density at radius 2 is 2.09 bits per heavy atom. The highest BCUT2D eigenvalue weighted by atomic mass is 32.2. The van der Waals surface area contributed by atoms with Crippen molar-refractivity contribution in [3.63, 3.8) is 0 Å². The molecule has 0 radical (unpaired) electrons. The van der Waals surface area contributed by atoms with Gasteiger partial charge in [0.2, 0.25) is 10.3 Å². The van der Waals surface area contributed by atoms with E-state index in [0.29, 0.717) is 20.9 Å². The van der Waals surface area contributed by atoms with E-state index in [1.807, 2.05) is 11.4 Å². The molecule has 0 aliphatic carbocycles. The number of amides is 1. The topological polar surface area (TPSA) is 54.9 Å². The lowest BCUT2D eigenvalue weighted by molar-refractivity contribution is 0.103. The Labute approximate surface area is 138 Å². The number of anilines is 1. The van der Waals surface area contributed by atoms with Gasteiger partial charge in [0, 0.05) is 17.3 Å². The summed E-state index contributed by atoms with van der Waals surface area (Å²) in [6, 6.07) is 9.89. The number of benzene rings is 1. The van der Waals surface area contributed by atoms with Crippen molar-refractivity contribution in [2.45, 2.75) is 10.9 Å².